The Bertz CT molecular complexity index is 978. The van der Waals surface area contributed by atoms with Crippen molar-refractivity contribution in [3.63, 3.8) is 0 Å². The molecule has 0 saturated carbocycles. The van der Waals surface area contributed by atoms with Gasteiger partial charge in [0.15, 0.2) is 5.78 Å². The highest BCUT2D eigenvalue weighted by molar-refractivity contribution is 6.21. The third-order valence-corrected chi connectivity index (χ3v) is 3.48. The van der Waals surface area contributed by atoms with Crippen LogP contribution in [0.25, 0.3) is 0 Å². The first-order valence-electron chi connectivity index (χ1n) is 6.90. The van der Waals surface area contributed by atoms with Crippen LogP contribution in [0.3, 0.4) is 0 Å². The van der Waals surface area contributed by atoms with E-state index in [9.17, 15) is 44.4 Å². The van der Waals surface area contributed by atoms with Crippen LogP contribution in [0.2, 0.25) is 0 Å². The highest BCUT2D eigenvalue weighted by atomic mass is 35.5. The zero-order valence-corrected chi connectivity index (χ0v) is 18.9. The maximum absolute atomic E-state index is 12.6. The second-order valence-corrected chi connectivity index (χ2v) is 5.01. The number of carboxylic acid groups (broad SMARTS) is 4. The molecule has 0 heterocycles. The van der Waals surface area contributed by atoms with Gasteiger partial charge in [0.1, 0.15) is 0 Å². The highest BCUT2D eigenvalue weighted by Crippen LogP contribution is 2.27. The van der Waals surface area contributed by atoms with Gasteiger partial charge in [-0.2, -0.15) is 0 Å². The molecule has 0 amide bonds. The minimum Gasteiger partial charge on any atom is -0.478 e. The first kappa shape index (κ1) is 35.9. The maximum atomic E-state index is 12.6. The van der Waals surface area contributed by atoms with Crippen molar-refractivity contribution in [3.8, 4) is 0 Å². The molecule has 172 valence electrons. The lowest BCUT2D eigenvalue weighted by atomic mass is 9.88. The van der Waals surface area contributed by atoms with Crippen LogP contribution in [0.1, 0.15) is 57.4 Å². The summed E-state index contributed by atoms with van der Waals surface area (Å²) in [5.74, 6) is -8.57. The van der Waals surface area contributed by atoms with Crippen molar-refractivity contribution >= 4 is 91.7 Å². The van der Waals surface area contributed by atoms with Crippen molar-refractivity contribution in [1.82, 2.24) is 0 Å². The molecule has 0 bridgehead atoms. The summed E-state index contributed by atoms with van der Waals surface area (Å²) in [5, 5.41) is 37.1. The van der Waals surface area contributed by atoms with Crippen LogP contribution >= 0.6 is 62.0 Å². The van der Waals surface area contributed by atoms with Crippen molar-refractivity contribution in [3.05, 3.63) is 69.8 Å². The van der Waals surface area contributed by atoms with E-state index in [0.717, 1.165) is 0 Å². The van der Waals surface area contributed by atoms with E-state index in [1.54, 1.807) is 6.07 Å². The molecule has 0 aliphatic heterocycles. The van der Waals surface area contributed by atoms with Gasteiger partial charge in [0.25, 0.3) is 0 Å². The number of carboxylic acids is 4. The first-order valence-corrected chi connectivity index (χ1v) is 6.90. The molecular formula is C17H15Cl5O9. The molecule has 0 aliphatic rings. The number of aromatic carboxylic acids is 4. The fraction of sp³-hybridized carbons (Fsp3) is 0. The molecule has 0 saturated heterocycles. The Morgan fingerprint density at radius 3 is 1.26 bits per heavy atom. The summed E-state index contributed by atoms with van der Waals surface area (Å²) in [7, 11) is 0. The van der Waals surface area contributed by atoms with Crippen molar-refractivity contribution in [2.75, 3.05) is 0 Å². The minimum absolute atomic E-state index is 0. The van der Waals surface area contributed by atoms with E-state index < -0.39 is 57.5 Å². The predicted molar refractivity (Wildman–Crippen MR) is 120 cm³/mol. The number of carbonyl (C=O) groups excluding carboxylic acids is 1. The van der Waals surface area contributed by atoms with Gasteiger partial charge in [0.05, 0.1) is 22.3 Å². The quantitative estimate of drug-likeness (QED) is 0.398. The first-order chi connectivity index (χ1) is 12.2. The molecule has 31 heavy (non-hydrogen) atoms. The van der Waals surface area contributed by atoms with E-state index in [-0.39, 0.29) is 67.6 Å². The molecule has 0 radical (unpaired) electrons. The molecule has 4 N–H and O–H groups in total. The monoisotopic (exact) mass is 538 g/mol. The van der Waals surface area contributed by atoms with E-state index in [1.807, 2.05) is 0 Å². The van der Waals surface area contributed by atoms with Crippen molar-refractivity contribution in [2.45, 2.75) is 0 Å². The van der Waals surface area contributed by atoms with Gasteiger partial charge in [-0.05, 0) is 6.07 Å². The Morgan fingerprint density at radius 2 is 0.903 bits per heavy atom. The number of halogens is 5. The Balaban J connectivity index is -0.000000729. The van der Waals surface area contributed by atoms with Gasteiger partial charge in [-0.1, -0.05) is 30.3 Å². The lowest BCUT2D eigenvalue weighted by molar-refractivity contribution is 0.0618. The molecular weight excluding hydrogens is 525 g/mol. The van der Waals surface area contributed by atoms with E-state index >= 15 is 0 Å². The molecule has 0 aromatic heterocycles. The van der Waals surface area contributed by atoms with Crippen molar-refractivity contribution in [2.24, 2.45) is 0 Å². The van der Waals surface area contributed by atoms with Crippen LogP contribution in [-0.2, 0) is 0 Å². The van der Waals surface area contributed by atoms with E-state index in [2.05, 4.69) is 0 Å². The Hall–Kier alpha value is -2.56. The van der Waals surface area contributed by atoms with E-state index in [0.29, 0.717) is 6.07 Å². The largest absolute Gasteiger partial charge is 0.478 e. The van der Waals surface area contributed by atoms with Crippen LogP contribution in [0.4, 0.5) is 0 Å². The summed E-state index contributed by atoms with van der Waals surface area (Å²) in [6, 6.07) is 7.72. The SMILES string of the molecule is Cl.Cl.Cl.Cl.Cl.O=C(O)c1cc(C(=O)c2ccccc2)c(C(=O)O)c(C(=O)O)c1C(=O)O. The van der Waals surface area contributed by atoms with Gasteiger partial charge in [-0.25, -0.2) is 19.2 Å². The fourth-order valence-electron chi connectivity index (χ4n) is 2.43. The number of ketones is 1. The maximum Gasteiger partial charge on any atom is 0.337 e. The second kappa shape index (κ2) is 14.4. The summed E-state index contributed by atoms with van der Waals surface area (Å²) in [6.07, 6.45) is 0. The molecule has 0 unspecified atom stereocenters. The van der Waals surface area contributed by atoms with Crippen molar-refractivity contribution < 1.29 is 44.4 Å². The topological polar surface area (TPSA) is 166 Å². The molecule has 0 spiro atoms. The zero-order chi connectivity index (χ0) is 19.6. The number of hydrogen-bond acceptors (Lipinski definition) is 5. The van der Waals surface area contributed by atoms with E-state index in [1.165, 1.54) is 24.3 Å². The lowest BCUT2D eigenvalue weighted by Gasteiger charge is -2.14. The number of benzene rings is 2. The Morgan fingerprint density at radius 1 is 0.516 bits per heavy atom. The number of carbonyl (C=O) groups is 5. The number of hydrogen-bond donors (Lipinski definition) is 4. The van der Waals surface area contributed by atoms with Crippen LogP contribution < -0.4 is 0 Å². The average molecular weight is 541 g/mol. The van der Waals surface area contributed by atoms with Gasteiger partial charge >= 0.3 is 23.9 Å². The summed E-state index contributed by atoms with van der Waals surface area (Å²) < 4.78 is 0. The van der Waals surface area contributed by atoms with Gasteiger partial charge in [0.2, 0.25) is 0 Å². The highest BCUT2D eigenvalue weighted by Gasteiger charge is 2.34. The molecule has 9 nitrogen and oxygen atoms in total. The fourth-order valence-corrected chi connectivity index (χ4v) is 2.43. The van der Waals surface area contributed by atoms with Gasteiger partial charge in [0, 0.05) is 11.1 Å². The van der Waals surface area contributed by atoms with Gasteiger partial charge in [-0.3, -0.25) is 4.79 Å². The summed E-state index contributed by atoms with van der Waals surface area (Å²) in [5.41, 5.74) is -5.33. The molecule has 2 rings (SSSR count). The summed E-state index contributed by atoms with van der Waals surface area (Å²) in [6.45, 7) is 0. The Kier molecular flexibility index (Phi) is 16.7. The standard InChI is InChI=1S/C17H10O9.5ClH/c18-13(7-4-2-1-3-5-7)8-6-9(14(19)20)11(16(23)24)12(17(25)26)10(8)15(21)22;;;;;/h1-6H,(H,19,20)(H,21,22)(H,23,24)(H,25,26);5*1H. The third-order valence-electron chi connectivity index (χ3n) is 3.48. The van der Waals surface area contributed by atoms with Crippen LogP contribution in [0.5, 0.6) is 0 Å². The molecule has 0 fully saturated rings. The predicted octanol–water partition coefficient (Wildman–Crippen LogP) is 3.82. The van der Waals surface area contributed by atoms with Crippen LogP contribution in [-0.4, -0.2) is 50.1 Å². The molecule has 2 aromatic carbocycles. The van der Waals surface area contributed by atoms with Crippen molar-refractivity contribution in [1.29, 1.82) is 0 Å². The molecule has 14 heteroatoms. The molecule has 2 aromatic rings. The summed E-state index contributed by atoms with van der Waals surface area (Å²) in [4.78, 5) is 58.4. The average Bonchev–Trinajstić information content (AvgIpc) is 2.59. The molecule has 0 aliphatic carbocycles. The normalized spacial score (nSPS) is 8.52. The summed E-state index contributed by atoms with van der Waals surface area (Å²) >= 11 is 0. The van der Waals surface area contributed by atoms with E-state index in [4.69, 9.17) is 0 Å². The lowest BCUT2D eigenvalue weighted by Crippen LogP contribution is -2.23. The zero-order valence-electron chi connectivity index (χ0n) is 14.8. The van der Waals surface area contributed by atoms with Gasteiger partial charge < -0.3 is 20.4 Å². The Labute approximate surface area is 205 Å². The molecule has 0 atom stereocenters. The minimum atomic E-state index is -1.98. The van der Waals surface area contributed by atoms with Crippen LogP contribution in [0.15, 0.2) is 36.4 Å². The van der Waals surface area contributed by atoms with Crippen LogP contribution in [0, 0.1) is 0 Å². The third kappa shape index (κ3) is 7.27. The number of rotatable bonds is 6. The smallest absolute Gasteiger partial charge is 0.337 e. The van der Waals surface area contributed by atoms with Gasteiger partial charge in [-0.15, -0.1) is 62.0 Å². The second-order valence-electron chi connectivity index (χ2n) is 5.01.